The van der Waals surface area contributed by atoms with Crippen LogP contribution in [0.15, 0.2) is 30.6 Å². The lowest BCUT2D eigenvalue weighted by atomic mass is 10.3. The molecule has 0 radical (unpaired) electrons. The lowest BCUT2D eigenvalue weighted by molar-refractivity contribution is 0.100. The standard InChI is InChI=1S/C10H9N3OS/c11-10(14)8-6-13-9(15-8)5-7-3-1-2-4-12-7/h1-4,6H,5H2,(H2,11,14). The molecule has 0 bridgehead atoms. The topological polar surface area (TPSA) is 68.9 Å². The maximum atomic E-state index is 10.8. The zero-order valence-electron chi connectivity index (χ0n) is 7.88. The van der Waals surface area contributed by atoms with Crippen molar-refractivity contribution in [2.45, 2.75) is 6.42 Å². The SMILES string of the molecule is NC(=O)c1cnc(Cc2ccccn2)s1. The summed E-state index contributed by atoms with van der Waals surface area (Å²) in [5, 5.41) is 0.850. The third-order valence-corrected chi connectivity index (χ3v) is 2.87. The molecule has 2 heterocycles. The van der Waals surface area contributed by atoms with Crippen molar-refractivity contribution in [3.63, 3.8) is 0 Å². The van der Waals surface area contributed by atoms with Gasteiger partial charge in [0, 0.05) is 18.3 Å². The Bertz CT molecular complexity index is 467. The van der Waals surface area contributed by atoms with Gasteiger partial charge in [-0.1, -0.05) is 6.07 Å². The minimum atomic E-state index is -0.431. The fourth-order valence-electron chi connectivity index (χ4n) is 1.16. The first kappa shape index (κ1) is 9.79. The summed E-state index contributed by atoms with van der Waals surface area (Å²) in [4.78, 5) is 19.6. The Morgan fingerprint density at radius 1 is 1.40 bits per heavy atom. The van der Waals surface area contributed by atoms with E-state index in [0.717, 1.165) is 10.7 Å². The largest absolute Gasteiger partial charge is 0.365 e. The van der Waals surface area contributed by atoms with E-state index in [4.69, 9.17) is 5.73 Å². The van der Waals surface area contributed by atoms with Gasteiger partial charge in [-0.05, 0) is 12.1 Å². The lowest BCUT2D eigenvalue weighted by Crippen LogP contribution is -2.08. The Kier molecular flexibility index (Phi) is 2.73. The fourth-order valence-corrected chi connectivity index (χ4v) is 1.95. The molecule has 0 saturated carbocycles. The number of rotatable bonds is 3. The van der Waals surface area contributed by atoms with Crippen LogP contribution in [0.25, 0.3) is 0 Å². The van der Waals surface area contributed by atoms with Crippen LogP contribution in [0, 0.1) is 0 Å². The Morgan fingerprint density at radius 3 is 2.87 bits per heavy atom. The number of amides is 1. The van der Waals surface area contributed by atoms with Crippen molar-refractivity contribution in [2.75, 3.05) is 0 Å². The van der Waals surface area contributed by atoms with Crippen molar-refractivity contribution in [1.82, 2.24) is 9.97 Å². The van der Waals surface area contributed by atoms with Gasteiger partial charge in [-0.15, -0.1) is 11.3 Å². The maximum Gasteiger partial charge on any atom is 0.260 e. The van der Waals surface area contributed by atoms with E-state index >= 15 is 0 Å². The van der Waals surface area contributed by atoms with E-state index in [9.17, 15) is 4.79 Å². The number of nitrogens with zero attached hydrogens (tertiary/aromatic N) is 2. The second kappa shape index (κ2) is 4.18. The first-order valence-electron chi connectivity index (χ1n) is 4.40. The molecule has 76 valence electrons. The zero-order valence-corrected chi connectivity index (χ0v) is 8.70. The van der Waals surface area contributed by atoms with Gasteiger partial charge < -0.3 is 5.73 Å². The van der Waals surface area contributed by atoms with Crippen molar-refractivity contribution in [3.8, 4) is 0 Å². The fraction of sp³-hybridized carbons (Fsp3) is 0.100. The molecule has 5 heteroatoms. The Morgan fingerprint density at radius 2 is 2.27 bits per heavy atom. The highest BCUT2D eigenvalue weighted by Gasteiger charge is 2.07. The number of carbonyl (C=O) groups excluding carboxylic acids is 1. The van der Waals surface area contributed by atoms with E-state index in [1.165, 1.54) is 17.5 Å². The van der Waals surface area contributed by atoms with Gasteiger partial charge in [0.05, 0.1) is 11.2 Å². The van der Waals surface area contributed by atoms with E-state index < -0.39 is 5.91 Å². The summed E-state index contributed by atoms with van der Waals surface area (Å²) in [5.41, 5.74) is 6.07. The summed E-state index contributed by atoms with van der Waals surface area (Å²) < 4.78 is 0. The van der Waals surface area contributed by atoms with Crippen molar-refractivity contribution < 1.29 is 4.79 Å². The van der Waals surface area contributed by atoms with Gasteiger partial charge >= 0.3 is 0 Å². The molecule has 0 atom stereocenters. The molecule has 0 aliphatic heterocycles. The quantitative estimate of drug-likeness (QED) is 0.844. The Hall–Kier alpha value is -1.75. The third-order valence-electron chi connectivity index (χ3n) is 1.85. The Balaban J connectivity index is 2.15. The first-order valence-corrected chi connectivity index (χ1v) is 5.22. The van der Waals surface area contributed by atoms with Crippen LogP contribution >= 0.6 is 11.3 Å². The monoisotopic (exact) mass is 219 g/mol. The van der Waals surface area contributed by atoms with Crippen molar-refractivity contribution in [2.24, 2.45) is 5.73 Å². The van der Waals surface area contributed by atoms with Gasteiger partial charge in [0.1, 0.15) is 4.88 Å². The summed E-state index contributed by atoms with van der Waals surface area (Å²) in [6, 6.07) is 5.70. The van der Waals surface area contributed by atoms with Crippen LogP contribution in [-0.2, 0) is 6.42 Å². The molecule has 2 rings (SSSR count). The highest BCUT2D eigenvalue weighted by Crippen LogP contribution is 2.15. The van der Waals surface area contributed by atoms with Crippen molar-refractivity contribution in [3.05, 3.63) is 46.2 Å². The van der Waals surface area contributed by atoms with Gasteiger partial charge in [-0.25, -0.2) is 4.98 Å². The zero-order chi connectivity index (χ0) is 10.7. The van der Waals surface area contributed by atoms with Crippen molar-refractivity contribution in [1.29, 1.82) is 0 Å². The lowest BCUT2D eigenvalue weighted by Gasteiger charge is -1.94. The molecule has 0 fully saturated rings. The van der Waals surface area contributed by atoms with Crippen LogP contribution in [0.1, 0.15) is 20.4 Å². The second-order valence-electron chi connectivity index (χ2n) is 2.98. The van der Waals surface area contributed by atoms with Crippen LogP contribution < -0.4 is 5.73 Å². The molecule has 0 saturated heterocycles. The minimum Gasteiger partial charge on any atom is -0.365 e. The minimum absolute atomic E-state index is 0.431. The molecule has 4 nitrogen and oxygen atoms in total. The predicted molar refractivity (Wildman–Crippen MR) is 57.7 cm³/mol. The van der Waals surface area contributed by atoms with Crippen LogP contribution in [-0.4, -0.2) is 15.9 Å². The smallest absolute Gasteiger partial charge is 0.260 e. The molecular formula is C10H9N3OS. The highest BCUT2D eigenvalue weighted by molar-refractivity contribution is 7.13. The summed E-state index contributed by atoms with van der Waals surface area (Å²) in [6.45, 7) is 0. The first-order chi connectivity index (χ1) is 7.25. The molecule has 0 aliphatic rings. The molecule has 0 unspecified atom stereocenters. The number of pyridine rings is 1. The molecule has 2 aromatic heterocycles. The van der Waals surface area contributed by atoms with Gasteiger partial charge in [0.2, 0.25) is 0 Å². The van der Waals surface area contributed by atoms with Crippen LogP contribution in [0.4, 0.5) is 0 Å². The predicted octanol–water partition coefficient (Wildman–Crippen LogP) is 1.23. The van der Waals surface area contributed by atoms with Gasteiger partial charge in [0.15, 0.2) is 0 Å². The average molecular weight is 219 g/mol. The van der Waals surface area contributed by atoms with E-state index in [-0.39, 0.29) is 0 Å². The number of aromatic nitrogens is 2. The van der Waals surface area contributed by atoms with Gasteiger partial charge in [-0.2, -0.15) is 0 Å². The molecule has 2 aromatic rings. The number of nitrogens with two attached hydrogens (primary N) is 1. The summed E-state index contributed by atoms with van der Waals surface area (Å²) in [5.74, 6) is -0.431. The van der Waals surface area contributed by atoms with Gasteiger partial charge in [-0.3, -0.25) is 9.78 Å². The van der Waals surface area contributed by atoms with E-state index in [1.54, 1.807) is 6.20 Å². The normalized spacial score (nSPS) is 10.1. The number of hydrogen-bond donors (Lipinski definition) is 1. The van der Waals surface area contributed by atoms with E-state index in [0.29, 0.717) is 11.3 Å². The number of primary amides is 1. The van der Waals surface area contributed by atoms with Crippen LogP contribution in [0.3, 0.4) is 0 Å². The summed E-state index contributed by atoms with van der Waals surface area (Å²) in [7, 11) is 0. The number of carbonyl (C=O) groups is 1. The van der Waals surface area contributed by atoms with Crippen LogP contribution in [0.2, 0.25) is 0 Å². The van der Waals surface area contributed by atoms with E-state index in [1.807, 2.05) is 18.2 Å². The van der Waals surface area contributed by atoms with Gasteiger partial charge in [0.25, 0.3) is 5.91 Å². The molecule has 0 aromatic carbocycles. The summed E-state index contributed by atoms with van der Waals surface area (Å²) >= 11 is 1.31. The highest BCUT2D eigenvalue weighted by atomic mass is 32.1. The number of thiazole rings is 1. The Labute approximate surface area is 90.8 Å². The maximum absolute atomic E-state index is 10.8. The molecule has 0 spiro atoms. The second-order valence-corrected chi connectivity index (χ2v) is 4.10. The van der Waals surface area contributed by atoms with E-state index in [2.05, 4.69) is 9.97 Å². The summed E-state index contributed by atoms with van der Waals surface area (Å²) in [6.07, 6.45) is 3.88. The third kappa shape index (κ3) is 2.38. The molecule has 15 heavy (non-hydrogen) atoms. The molecular weight excluding hydrogens is 210 g/mol. The average Bonchev–Trinajstić information content (AvgIpc) is 2.68. The molecule has 1 amide bonds. The molecule has 0 aliphatic carbocycles. The van der Waals surface area contributed by atoms with Crippen LogP contribution in [0.5, 0.6) is 0 Å². The number of hydrogen-bond acceptors (Lipinski definition) is 4. The van der Waals surface area contributed by atoms with Crippen molar-refractivity contribution >= 4 is 17.2 Å². The molecule has 2 N–H and O–H groups in total.